The van der Waals surface area contributed by atoms with Crippen molar-refractivity contribution in [2.75, 3.05) is 26.4 Å². The minimum absolute atomic E-state index is 0.165. The van der Waals surface area contributed by atoms with Crippen LogP contribution in [0.25, 0.3) is 0 Å². The number of rotatable bonds is 40. The van der Waals surface area contributed by atoms with Crippen molar-refractivity contribution < 1.29 is 47.8 Å². The fourth-order valence-electron chi connectivity index (χ4n) is 5.75. The van der Waals surface area contributed by atoms with Crippen molar-refractivity contribution in [2.24, 2.45) is 0 Å². The van der Waals surface area contributed by atoms with E-state index in [2.05, 4.69) is 42.7 Å². The molecule has 0 saturated heterocycles. The second-order valence-corrected chi connectivity index (χ2v) is 15.8. The Kier molecular flexibility index (Phi) is 37.6. The molecule has 0 radical (unpaired) electrons. The molecule has 0 aromatic carbocycles. The van der Waals surface area contributed by atoms with Crippen LogP contribution < -0.4 is 0 Å². The number of ether oxygens (including phenoxy) is 2. The lowest BCUT2D eigenvalue weighted by atomic mass is 10.1. The summed E-state index contributed by atoms with van der Waals surface area (Å²) in [5.74, 6) is -0.942. The SMILES string of the molecule is CCCCCC/C=C/CCCCCCCCCCCC(=O)OC[C@H](COP(=O)(O)OC[C@@H](O)CO)OC(=O)CCCCC/C=C/CCCCCCCC. The topological polar surface area (TPSA) is 149 Å². The van der Waals surface area contributed by atoms with Gasteiger partial charge in [-0.1, -0.05) is 141 Å². The standard InChI is InChI=1S/C42H79O10P/c1-3-5-7-9-11-13-15-17-18-19-20-22-23-25-27-29-31-33-41(45)49-37-40(38-51-53(47,48)50-36-39(44)35-43)52-42(46)34-32-30-28-26-24-21-16-14-12-10-8-6-4-2/h13,15,21,24,39-40,43-44H,3-12,14,16-20,22-23,25-38H2,1-2H3,(H,47,48)/b15-13+,24-21+/t39-,40+/m0/s1. The molecule has 3 N–H and O–H groups in total. The van der Waals surface area contributed by atoms with Gasteiger partial charge in [-0.2, -0.15) is 0 Å². The Bertz CT molecular complexity index is 941. The van der Waals surface area contributed by atoms with E-state index in [0.717, 1.165) is 44.9 Å². The molecule has 0 amide bonds. The zero-order chi connectivity index (χ0) is 39.1. The summed E-state index contributed by atoms with van der Waals surface area (Å²) < 4.78 is 32.7. The number of phosphoric acid groups is 1. The summed E-state index contributed by atoms with van der Waals surface area (Å²) in [4.78, 5) is 34.9. The summed E-state index contributed by atoms with van der Waals surface area (Å²) in [5.41, 5.74) is 0. The summed E-state index contributed by atoms with van der Waals surface area (Å²) in [6.45, 7) is 2.35. The summed E-state index contributed by atoms with van der Waals surface area (Å²) in [5, 5.41) is 18.3. The minimum Gasteiger partial charge on any atom is -0.462 e. The van der Waals surface area contributed by atoms with E-state index in [9.17, 15) is 24.2 Å². The van der Waals surface area contributed by atoms with E-state index in [1.165, 1.54) is 109 Å². The number of hydrogen-bond donors (Lipinski definition) is 3. The second-order valence-electron chi connectivity index (χ2n) is 14.4. The maximum Gasteiger partial charge on any atom is 0.472 e. The molecule has 0 bridgehead atoms. The largest absolute Gasteiger partial charge is 0.472 e. The lowest BCUT2D eigenvalue weighted by molar-refractivity contribution is -0.161. The third-order valence-corrected chi connectivity index (χ3v) is 10.0. The zero-order valence-electron chi connectivity index (χ0n) is 33.7. The van der Waals surface area contributed by atoms with Crippen molar-refractivity contribution >= 4 is 19.8 Å². The van der Waals surface area contributed by atoms with Gasteiger partial charge in [0.25, 0.3) is 0 Å². The summed E-state index contributed by atoms with van der Waals surface area (Å²) >= 11 is 0. The predicted molar refractivity (Wildman–Crippen MR) is 215 cm³/mol. The molecule has 0 aliphatic rings. The maximum absolute atomic E-state index is 12.6. The highest BCUT2D eigenvalue weighted by molar-refractivity contribution is 7.47. The molecule has 3 atom stereocenters. The molecule has 0 aromatic rings. The Morgan fingerprint density at radius 1 is 0.547 bits per heavy atom. The monoisotopic (exact) mass is 775 g/mol. The molecule has 53 heavy (non-hydrogen) atoms. The highest BCUT2D eigenvalue weighted by atomic mass is 31.2. The number of unbranched alkanes of at least 4 members (excludes halogenated alkanes) is 22. The van der Waals surface area contributed by atoms with Crippen molar-refractivity contribution in [2.45, 2.75) is 206 Å². The van der Waals surface area contributed by atoms with Crippen LogP contribution in [0, 0.1) is 0 Å². The van der Waals surface area contributed by atoms with E-state index in [4.69, 9.17) is 19.1 Å². The molecule has 0 aromatic heterocycles. The van der Waals surface area contributed by atoms with Gasteiger partial charge < -0.3 is 24.6 Å². The molecule has 0 spiro atoms. The number of carbonyl (C=O) groups is 2. The molecule has 0 saturated carbocycles. The Balaban J connectivity index is 4.29. The van der Waals surface area contributed by atoms with Gasteiger partial charge >= 0.3 is 19.8 Å². The molecular formula is C42H79O10P. The van der Waals surface area contributed by atoms with Crippen molar-refractivity contribution in [1.29, 1.82) is 0 Å². The molecular weight excluding hydrogens is 695 g/mol. The number of allylic oxidation sites excluding steroid dienone is 4. The Labute approximate surface area is 323 Å². The smallest absolute Gasteiger partial charge is 0.462 e. The van der Waals surface area contributed by atoms with Crippen LogP contribution in [0.15, 0.2) is 24.3 Å². The van der Waals surface area contributed by atoms with E-state index in [1.807, 2.05) is 0 Å². The molecule has 312 valence electrons. The Morgan fingerprint density at radius 2 is 0.925 bits per heavy atom. The normalized spacial score (nSPS) is 14.1. The van der Waals surface area contributed by atoms with E-state index in [1.54, 1.807) is 0 Å². The van der Waals surface area contributed by atoms with Crippen LogP contribution in [0.5, 0.6) is 0 Å². The van der Waals surface area contributed by atoms with Crippen LogP contribution in [-0.4, -0.2) is 65.7 Å². The number of carbonyl (C=O) groups excluding carboxylic acids is 2. The van der Waals surface area contributed by atoms with Gasteiger partial charge in [0, 0.05) is 12.8 Å². The Hall–Kier alpha value is -1.55. The number of esters is 2. The number of hydrogen-bond acceptors (Lipinski definition) is 9. The van der Waals surface area contributed by atoms with Crippen molar-refractivity contribution in [1.82, 2.24) is 0 Å². The van der Waals surface area contributed by atoms with Crippen LogP contribution in [0.3, 0.4) is 0 Å². The maximum atomic E-state index is 12.6. The van der Waals surface area contributed by atoms with Gasteiger partial charge in [0.1, 0.15) is 12.7 Å². The third-order valence-electron chi connectivity index (χ3n) is 9.08. The van der Waals surface area contributed by atoms with E-state index < -0.39 is 51.8 Å². The first-order valence-electron chi connectivity index (χ1n) is 21.3. The van der Waals surface area contributed by atoms with E-state index in [-0.39, 0.29) is 19.4 Å². The zero-order valence-corrected chi connectivity index (χ0v) is 34.6. The number of aliphatic hydroxyl groups is 2. The van der Waals surface area contributed by atoms with Crippen LogP contribution in [0.1, 0.15) is 194 Å². The fraction of sp³-hybridized carbons (Fsp3) is 0.857. The molecule has 10 nitrogen and oxygen atoms in total. The quantitative estimate of drug-likeness (QED) is 0.0238. The number of aliphatic hydroxyl groups excluding tert-OH is 2. The van der Waals surface area contributed by atoms with Gasteiger partial charge in [0.05, 0.1) is 19.8 Å². The minimum atomic E-state index is -4.62. The summed E-state index contributed by atoms with van der Waals surface area (Å²) in [6.07, 6.45) is 37.1. The second kappa shape index (κ2) is 38.7. The van der Waals surface area contributed by atoms with Crippen molar-refractivity contribution in [3.05, 3.63) is 24.3 Å². The van der Waals surface area contributed by atoms with Gasteiger partial charge in [-0.25, -0.2) is 4.57 Å². The average molecular weight is 775 g/mol. The highest BCUT2D eigenvalue weighted by Gasteiger charge is 2.27. The first-order chi connectivity index (χ1) is 25.7. The molecule has 0 rings (SSSR count). The molecule has 1 unspecified atom stereocenters. The molecule has 0 aliphatic heterocycles. The van der Waals surface area contributed by atoms with Gasteiger partial charge in [-0.05, 0) is 64.2 Å². The highest BCUT2D eigenvalue weighted by Crippen LogP contribution is 2.43. The van der Waals surface area contributed by atoms with Crippen LogP contribution in [0.4, 0.5) is 0 Å². The summed E-state index contributed by atoms with van der Waals surface area (Å²) in [6, 6.07) is 0. The van der Waals surface area contributed by atoms with Gasteiger partial charge in [0.15, 0.2) is 6.10 Å². The van der Waals surface area contributed by atoms with Crippen LogP contribution >= 0.6 is 7.82 Å². The van der Waals surface area contributed by atoms with E-state index >= 15 is 0 Å². The first kappa shape index (κ1) is 51.5. The molecule has 0 heterocycles. The predicted octanol–water partition coefficient (Wildman–Crippen LogP) is 11.0. The van der Waals surface area contributed by atoms with E-state index in [0.29, 0.717) is 12.8 Å². The Morgan fingerprint density at radius 3 is 1.40 bits per heavy atom. The number of phosphoric ester groups is 1. The van der Waals surface area contributed by atoms with Gasteiger partial charge in [0.2, 0.25) is 0 Å². The first-order valence-corrected chi connectivity index (χ1v) is 22.8. The molecule has 11 heteroatoms. The summed E-state index contributed by atoms with van der Waals surface area (Å²) in [7, 11) is -4.62. The lowest BCUT2D eigenvalue weighted by Gasteiger charge is -2.20. The average Bonchev–Trinajstić information content (AvgIpc) is 3.14. The third kappa shape index (κ3) is 38.5. The van der Waals surface area contributed by atoms with Crippen molar-refractivity contribution in [3.8, 4) is 0 Å². The van der Waals surface area contributed by atoms with Crippen molar-refractivity contribution in [3.63, 3.8) is 0 Å². The lowest BCUT2D eigenvalue weighted by Crippen LogP contribution is -2.29. The molecule has 0 aliphatic carbocycles. The van der Waals surface area contributed by atoms with Crippen LogP contribution in [0.2, 0.25) is 0 Å². The van der Waals surface area contributed by atoms with Crippen LogP contribution in [-0.2, 0) is 32.7 Å². The molecule has 0 fully saturated rings. The fourth-order valence-corrected chi connectivity index (χ4v) is 6.54. The van der Waals surface area contributed by atoms with Gasteiger partial charge in [-0.3, -0.25) is 18.6 Å². The van der Waals surface area contributed by atoms with Gasteiger partial charge in [-0.15, -0.1) is 0 Å².